The molecule has 2 heterocycles. The Bertz CT molecular complexity index is 461. The molecule has 0 saturated carbocycles. The van der Waals surface area contributed by atoms with Crippen LogP contribution in [0, 0.1) is 11.7 Å². The van der Waals surface area contributed by atoms with Crippen molar-refractivity contribution in [3.63, 3.8) is 0 Å². The smallest absolute Gasteiger partial charge is 0.223 e. The number of hydrogen-bond acceptors (Lipinski definition) is 2. The normalized spacial score (nSPS) is 26.5. The van der Waals surface area contributed by atoms with Gasteiger partial charge in [-0.3, -0.25) is 4.79 Å². The summed E-state index contributed by atoms with van der Waals surface area (Å²) in [4.78, 5) is 11.5. The number of ether oxygens (including phenoxy) is 1. The van der Waals surface area contributed by atoms with Gasteiger partial charge >= 0.3 is 0 Å². The number of halogens is 1. The van der Waals surface area contributed by atoms with E-state index in [1.807, 2.05) is 0 Å². The molecule has 0 radical (unpaired) electrons. The molecule has 0 aliphatic carbocycles. The Kier molecular flexibility index (Phi) is 2.50. The first-order valence-corrected chi connectivity index (χ1v) is 5.95. The van der Waals surface area contributed by atoms with Crippen LogP contribution in [0.2, 0.25) is 0 Å². The average molecular weight is 235 g/mol. The first-order chi connectivity index (χ1) is 8.22. The van der Waals surface area contributed by atoms with Gasteiger partial charge in [0.25, 0.3) is 0 Å². The summed E-state index contributed by atoms with van der Waals surface area (Å²) in [5.41, 5.74) is 0.911. The number of amides is 1. The molecule has 1 aromatic rings. The lowest BCUT2D eigenvalue weighted by Gasteiger charge is -2.13. The van der Waals surface area contributed by atoms with Crippen molar-refractivity contribution in [3.05, 3.63) is 29.6 Å². The highest BCUT2D eigenvalue weighted by molar-refractivity contribution is 5.80. The SMILES string of the molecule is O=C1NCCC1CC1Cc2cc(F)ccc2O1. The summed E-state index contributed by atoms with van der Waals surface area (Å²) in [6.07, 6.45) is 2.32. The highest BCUT2D eigenvalue weighted by Gasteiger charge is 2.31. The van der Waals surface area contributed by atoms with E-state index in [4.69, 9.17) is 4.74 Å². The molecule has 2 aliphatic rings. The molecule has 1 saturated heterocycles. The fraction of sp³-hybridized carbons (Fsp3) is 0.462. The van der Waals surface area contributed by atoms with E-state index in [1.165, 1.54) is 12.1 Å². The molecule has 1 fully saturated rings. The maximum Gasteiger partial charge on any atom is 0.223 e. The van der Waals surface area contributed by atoms with Crippen molar-refractivity contribution >= 4 is 5.91 Å². The van der Waals surface area contributed by atoms with E-state index in [0.29, 0.717) is 6.42 Å². The predicted octanol–water partition coefficient (Wildman–Crippen LogP) is 1.66. The number of rotatable bonds is 2. The molecule has 3 nitrogen and oxygen atoms in total. The van der Waals surface area contributed by atoms with E-state index in [1.54, 1.807) is 6.07 Å². The molecule has 2 aliphatic heterocycles. The summed E-state index contributed by atoms with van der Waals surface area (Å²) < 4.78 is 18.8. The van der Waals surface area contributed by atoms with Gasteiger partial charge in [0.2, 0.25) is 5.91 Å². The molecule has 90 valence electrons. The van der Waals surface area contributed by atoms with Crippen molar-refractivity contribution in [2.24, 2.45) is 5.92 Å². The number of benzene rings is 1. The summed E-state index contributed by atoms with van der Waals surface area (Å²) in [5.74, 6) is 0.705. The molecular formula is C13H14FNO2. The van der Waals surface area contributed by atoms with E-state index in [0.717, 1.165) is 30.7 Å². The number of carbonyl (C=O) groups is 1. The van der Waals surface area contributed by atoms with Crippen molar-refractivity contribution in [3.8, 4) is 5.75 Å². The van der Waals surface area contributed by atoms with Crippen LogP contribution in [-0.2, 0) is 11.2 Å². The minimum Gasteiger partial charge on any atom is -0.490 e. The summed E-state index contributed by atoms with van der Waals surface area (Å²) in [7, 11) is 0. The zero-order valence-electron chi connectivity index (χ0n) is 9.41. The Labute approximate surface area is 99.0 Å². The predicted molar refractivity (Wildman–Crippen MR) is 60.3 cm³/mol. The van der Waals surface area contributed by atoms with Crippen LogP contribution in [0.4, 0.5) is 4.39 Å². The number of carbonyl (C=O) groups excluding carboxylic acids is 1. The monoisotopic (exact) mass is 235 g/mol. The molecule has 2 unspecified atom stereocenters. The molecule has 0 bridgehead atoms. The maximum absolute atomic E-state index is 13.0. The van der Waals surface area contributed by atoms with Crippen LogP contribution in [0.3, 0.4) is 0 Å². The van der Waals surface area contributed by atoms with Crippen LogP contribution < -0.4 is 10.1 Å². The molecule has 0 spiro atoms. The molecule has 1 amide bonds. The Morgan fingerprint density at radius 3 is 3.12 bits per heavy atom. The topological polar surface area (TPSA) is 38.3 Å². The van der Waals surface area contributed by atoms with E-state index in [9.17, 15) is 9.18 Å². The van der Waals surface area contributed by atoms with Crippen LogP contribution >= 0.6 is 0 Å². The van der Waals surface area contributed by atoms with Crippen LogP contribution in [0.25, 0.3) is 0 Å². The van der Waals surface area contributed by atoms with E-state index >= 15 is 0 Å². The Morgan fingerprint density at radius 2 is 2.35 bits per heavy atom. The summed E-state index contributed by atoms with van der Waals surface area (Å²) in [6, 6.07) is 4.59. The lowest BCUT2D eigenvalue weighted by molar-refractivity contribution is -0.123. The zero-order chi connectivity index (χ0) is 11.8. The Morgan fingerprint density at radius 1 is 1.47 bits per heavy atom. The van der Waals surface area contributed by atoms with Crippen LogP contribution in [0.1, 0.15) is 18.4 Å². The molecule has 4 heteroatoms. The average Bonchev–Trinajstić information content (AvgIpc) is 2.85. The fourth-order valence-electron chi connectivity index (χ4n) is 2.61. The fourth-order valence-corrected chi connectivity index (χ4v) is 2.61. The van der Waals surface area contributed by atoms with E-state index in [2.05, 4.69) is 5.32 Å². The zero-order valence-corrected chi connectivity index (χ0v) is 9.41. The molecule has 1 N–H and O–H groups in total. The third-order valence-corrected chi connectivity index (χ3v) is 3.47. The van der Waals surface area contributed by atoms with Crippen molar-refractivity contribution in [1.29, 1.82) is 0 Å². The van der Waals surface area contributed by atoms with E-state index < -0.39 is 0 Å². The number of fused-ring (bicyclic) bond motifs is 1. The minimum absolute atomic E-state index is 0.0145. The first kappa shape index (κ1) is 10.6. The minimum atomic E-state index is -0.230. The first-order valence-electron chi connectivity index (χ1n) is 5.95. The molecular weight excluding hydrogens is 221 g/mol. The Hall–Kier alpha value is -1.58. The third-order valence-electron chi connectivity index (χ3n) is 3.47. The highest BCUT2D eigenvalue weighted by Crippen LogP contribution is 2.32. The molecule has 17 heavy (non-hydrogen) atoms. The summed E-state index contributed by atoms with van der Waals surface area (Å²) >= 11 is 0. The largest absolute Gasteiger partial charge is 0.490 e. The second-order valence-corrected chi connectivity index (χ2v) is 4.71. The summed E-state index contributed by atoms with van der Waals surface area (Å²) in [6.45, 7) is 0.762. The lowest BCUT2D eigenvalue weighted by Crippen LogP contribution is -2.24. The van der Waals surface area contributed by atoms with E-state index in [-0.39, 0.29) is 23.7 Å². The molecule has 0 aromatic heterocycles. The van der Waals surface area contributed by atoms with Gasteiger partial charge < -0.3 is 10.1 Å². The highest BCUT2D eigenvalue weighted by atomic mass is 19.1. The number of hydrogen-bond donors (Lipinski definition) is 1. The van der Waals surface area contributed by atoms with Gasteiger partial charge in [0, 0.05) is 24.4 Å². The second-order valence-electron chi connectivity index (χ2n) is 4.71. The van der Waals surface area contributed by atoms with Gasteiger partial charge in [0.05, 0.1) is 0 Å². The lowest BCUT2D eigenvalue weighted by atomic mass is 9.97. The molecule has 2 atom stereocenters. The van der Waals surface area contributed by atoms with Gasteiger partial charge in [0.1, 0.15) is 17.7 Å². The van der Waals surface area contributed by atoms with Crippen molar-refractivity contribution in [2.75, 3.05) is 6.54 Å². The van der Waals surface area contributed by atoms with Gasteiger partial charge in [-0.15, -0.1) is 0 Å². The second kappa shape index (κ2) is 4.02. The maximum atomic E-state index is 13.0. The van der Waals surface area contributed by atoms with Crippen LogP contribution in [-0.4, -0.2) is 18.6 Å². The van der Waals surface area contributed by atoms with Crippen molar-refractivity contribution in [1.82, 2.24) is 5.32 Å². The van der Waals surface area contributed by atoms with Crippen LogP contribution in [0.15, 0.2) is 18.2 Å². The van der Waals surface area contributed by atoms with Crippen molar-refractivity contribution in [2.45, 2.75) is 25.4 Å². The van der Waals surface area contributed by atoms with Crippen molar-refractivity contribution < 1.29 is 13.9 Å². The summed E-state index contributed by atoms with van der Waals surface area (Å²) in [5, 5.41) is 2.82. The third kappa shape index (κ3) is 1.99. The van der Waals surface area contributed by atoms with Gasteiger partial charge in [-0.05, 0) is 31.0 Å². The molecule has 3 rings (SSSR count). The number of nitrogens with one attached hydrogen (secondary N) is 1. The van der Waals surface area contributed by atoms with Gasteiger partial charge in [-0.2, -0.15) is 0 Å². The quantitative estimate of drug-likeness (QED) is 0.846. The van der Waals surface area contributed by atoms with Crippen LogP contribution in [0.5, 0.6) is 5.75 Å². The van der Waals surface area contributed by atoms with Gasteiger partial charge in [0.15, 0.2) is 0 Å². The standard InChI is InChI=1S/C13H14FNO2/c14-10-1-2-12-9(5-10)7-11(17-12)6-8-3-4-15-13(8)16/h1-2,5,8,11H,3-4,6-7H2,(H,15,16). The Balaban J connectivity index is 1.68. The van der Waals surface area contributed by atoms with Gasteiger partial charge in [-0.1, -0.05) is 0 Å². The molecule has 1 aromatic carbocycles. The van der Waals surface area contributed by atoms with Gasteiger partial charge in [-0.25, -0.2) is 4.39 Å².